The molecule has 1 aromatic rings. The molecule has 0 bridgehead atoms. The van der Waals surface area contributed by atoms with Gasteiger partial charge in [0.2, 0.25) is 0 Å². The second-order valence-electron chi connectivity index (χ2n) is 4.62. The lowest BCUT2D eigenvalue weighted by Crippen LogP contribution is -2.28. The van der Waals surface area contributed by atoms with E-state index in [1.807, 2.05) is 0 Å². The maximum Gasteiger partial charge on any atom is 0.417 e. The molecule has 1 aromatic carbocycles. The average Bonchev–Trinajstić information content (AvgIpc) is 2.73. The van der Waals surface area contributed by atoms with Crippen LogP contribution in [-0.4, -0.2) is 17.3 Å². The minimum atomic E-state index is -4.53. The average molecular weight is 270 g/mol. The highest BCUT2D eigenvalue weighted by atomic mass is 19.4. The van der Waals surface area contributed by atoms with E-state index in [4.69, 9.17) is 5.26 Å². The Bertz CT molecular complexity index is 508. The molecule has 0 aliphatic heterocycles. The minimum Gasteiger partial charge on any atom is -0.391 e. The summed E-state index contributed by atoms with van der Waals surface area (Å²) < 4.78 is 37.9. The highest BCUT2D eigenvalue weighted by Crippen LogP contribution is 2.33. The molecule has 0 spiro atoms. The standard InChI is InChI=1S/C13H13F3N2O/c14-13(15,16)10-5-4-9(6-8(10)7-17)18-11-2-1-3-12(11)19/h4-6,11-12,18-19H,1-3H2. The van der Waals surface area contributed by atoms with E-state index in [2.05, 4.69) is 5.32 Å². The van der Waals surface area contributed by atoms with Gasteiger partial charge in [-0.05, 0) is 37.5 Å². The fraction of sp³-hybridized carbons (Fsp3) is 0.462. The third-order valence-corrected chi connectivity index (χ3v) is 3.28. The molecule has 0 saturated heterocycles. The van der Waals surface area contributed by atoms with Crippen LogP contribution in [0.2, 0.25) is 0 Å². The van der Waals surface area contributed by atoms with Gasteiger partial charge in [-0.15, -0.1) is 0 Å². The number of nitrogens with zero attached hydrogens (tertiary/aromatic N) is 1. The van der Waals surface area contributed by atoms with Gasteiger partial charge in [0.25, 0.3) is 0 Å². The Morgan fingerprint density at radius 1 is 1.32 bits per heavy atom. The third kappa shape index (κ3) is 2.99. The Hall–Kier alpha value is -1.74. The van der Waals surface area contributed by atoms with Crippen LogP contribution in [0.5, 0.6) is 0 Å². The molecule has 2 N–H and O–H groups in total. The Morgan fingerprint density at radius 2 is 2.05 bits per heavy atom. The smallest absolute Gasteiger partial charge is 0.391 e. The quantitative estimate of drug-likeness (QED) is 0.868. The van der Waals surface area contributed by atoms with Crippen LogP contribution in [0.25, 0.3) is 0 Å². The predicted molar refractivity (Wildman–Crippen MR) is 63.4 cm³/mol. The lowest BCUT2D eigenvalue weighted by Gasteiger charge is -2.18. The van der Waals surface area contributed by atoms with Gasteiger partial charge in [0.05, 0.1) is 29.3 Å². The minimum absolute atomic E-state index is 0.164. The molecule has 0 radical (unpaired) electrons. The van der Waals surface area contributed by atoms with Crippen molar-refractivity contribution in [1.82, 2.24) is 0 Å². The summed E-state index contributed by atoms with van der Waals surface area (Å²) in [6.07, 6.45) is -2.69. The number of aliphatic hydroxyl groups excluding tert-OH is 1. The molecular formula is C13H13F3N2O. The molecule has 2 rings (SSSR count). The van der Waals surface area contributed by atoms with Crippen LogP contribution in [0.1, 0.15) is 30.4 Å². The largest absolute Gasteiger partial charge is 0.417 e. The number of rotatable bonds is 2. The molecule has 0 amide bonds. The number of hydrogen-bond acceptors (Lipinski definition) is 3. The molecule has 1 aliphatic carbocycles. The summed E-state index contributed by atoms with van der Waals surface area (Å²) in [7, 11) is 0. The van der Waals surface area contributed by atoms with E-state index >= 15 is 0 Å². The van der Waals surface area contributed by atoms with Crippen molar-refractivity contribution in [2.24, 2.45) is 0 Å². The van der Waals surface area contributed by atoms with Crippen molar-refractivity contribution in [3.05, 3.63) is 29.3 Å². The molecule has 0 heterocycles. The number of nitrogens with one attached hydrogen (secondary N) is 1. The molecule has 2 atom stereocenters. The number of aliphatic hydroxyl groups is 1. The van der Waals surface area contributed by atoms with Crippen molar-refractivity contribution in [3.63, 3.8) is 0 Å². The van der Waals surface area contributed by atoms with E-state index in [9.17, 15) is 18.3 Å². The molecule has 102 valence electrons. The number of alkyl halides is 3. The Morgan fingerprint density at radius 3 is 2.58 bits per heavy atom. The van der Waals surface area contributed by atoms with Gasteiger partial charge < -0.3 is 10.4 Å². The van der Waals surface area contributed by atoms with E-state index in [0.717, 1.165) is 18.9 Å². The number of benzene rings is 1. The topological polar surface area (TPSA) is 56.0 Å². The summed E-state index contributed by atoms with van der Waals surface area (Å²) >= 11 is 0. The van der Waals surface area contributed by atoms with Crippen molar-refractivity contribution in [1.29, 1.82) is 5.26 Å². The summed E-state index contributed by atoms with van der Waals surface area (Å²) in [5, 5.41) is 21.4. The maximum absolute atomic E-state index is 12.6. The summed E-state index contributed by atoms with van der Waals surface area (Å²) in [5.74, 6) is 0. The first-order valence-corrected chi connectivity index (χ1v) is 5.98. The van der Waals surface area contributed by atoms with Gasteiger partial charge in [-0.2, -0.15) is 18.4 Å². The summed E-state index contributed by atoms with van der Waals surface area (Å²) in [6.45, 7) is 0. The van der Waals surface area contributed by atoms with Gasteiger partial charge in [-0.25, -0.2) is 0 Å². The monoisotopic (exact) mass is 270 g/mol. The Kier molecular flexibility index (Phi) is 3.67. The lowest BCUT2D eigenvalue weighted by atomic mass is 10.1. The second-order valence-corrected chi connectivity index (χ2v) is 4.62. The number of hydrogen-bond donors (Lipinski definition) is 2. The predicted octanol–water partition coefficient (Wildman–Crippen LogP) is 2.90. The highest BCUT2D eigenvalue weighted by molar-refractivity contribution is 5.54. The number of nitriles is 1. The van der Waals surface area contributed by atoms with Gasteiger partial charge >= 0.3 is 6.18 Å². The zero-order valence-corrected chi connectivity index (χ0v) is 10.0. The summed E-state index contributed by atoms with van der Waals surface area (Å²) in [4.78, 5) is 0. The van der Waals surface area contributed by atoms with Gasteiger partial charge in [-0.3, -0.25) is 0 Å². The zero-order valence-electron chi connectivity index (χ0n) is 10.0. The van der Waals surface area contributed by atoms with Crippen molar-refractivity contribution in [2.45, 2.75) is 37.6 Å². The van der Waals surface area contributed by atoms with Crippen LogP contribution in [0, 0.1) is 11.3 Å². The van der Waals surface area contributed by atoms with Gasteiger partial charge in [0, 0.05) is 5.69 Å². The molecule has 2 unspecified atom stereocenters. The fourth-order valence-corrected chi connectivity index (χ4v) is 2.30. The van der Waals surface area contributed by atoms with E-state index < -0.39 is 23.4 Å². The van der Waals surface area contributed by atoms with Crippen molar-refractivity contribution >= 4 is 5.69 Å². The SMILES string of the molecule is N#Cc1cc(NC2CCCC2O)ccc1C(F)(F)F. The molecule has 1 aliphatic rings. The third-order valence-electron chi connectivity index (χ3n) is 3.28. The van der Waals surface area contributed by atoms with Crippen molar-refractivity contribution in [2.75, 3.05) is 5.32 Å². The Balaban J connectivity index is 2.23. The van der Waals surface area contributed by atoms with E-state index in [1.165, 1.54) is 12.1 Å². The normalized spacial score (nSPS) is 23.1. The van der Waals surface area contributed by atoms with Crippen LogP contribution >= 0.6 is 0 Å². The first kappa shape index (κ1) is 13.7. The van der Waals surface area contributed by atoms with E-state index in [0.29, 0.717) is 12.1 Å². The zero-order chi connectivity index (χ0) is 14.0. The van der Waals surface area contributed by atoms with Gasteiger partial charge in [0.15, 0.2) is 0 Å². The van der Waals surface area contributed by atoms with Crippen molar-refractivity contribution in [3.8, 4) is 6.07 Å². The molecule has 1 saturated carbocycles. The maximum atomic E-state index is 12.6. The van der Waals surface area contributed by atoms with Gasteiger partial charge in [-0.1, -0.05) is 0 Å². The van der Waals surface area contributed by atoms with Crippen LogP contribution in [0.4, 0.5) is 18.9 Å². The molecule has 6 heteroatoms. The van der Waals surface area contributed by atoms with Crippen LogP contribution < -0.4 is 5.32 Å². The van der Waals surface area contributed by atoms with Crippen LogP contribution in [-0.2, 0) is 6.18 Å². The van der Waals surface area contributed by atoms with Crippen molar-refractivity contribution < 1.29 is 18.3 Å². The molecular weight excluding hydrogens is 257 g/mol. The van der Waals surface area contributed by atoms with Crippen LogP contribution in [0.3, 0.4) is 0 Å². The number of halogens is 3. The molecule has 3 nitrogen and oxygen atoms in total. The fourth-order valence-electron chi connectivity index (χ4n) is 2.30. The summed E-state index contributed by atoms with van der Waals surface area (Å²) in [6, 6.07) is 4.74. The molecule has 1 fully saturated rings. The van der Waals surface area contributed by atoms with Gasteiger partial charge in [0.1, 0.15) is 0 Å². The summed E-state index contributed by atoms with van der Waals surface area (Å²) in [5.41, 5.74) is -0.923. The number of anilines is 1. The van der Waals surface area contributed by atoms with E-state index in [1.54, 1.807) is 6.07 Å². The lowest BCUT2D eigenvalue weighted by molar-refractivity contribution is -0.137. The molecule has 19 heavy (non-hydrogen) atoms. The molecule has 0 aromatic heterocycles. The van der Waals surface area contributed by atoms with E-state index in [-0.39, 0.29) is 6.04 Å². The first-order valence-electron chi connectivity index (χ1n) is 5.98. The van der Waals surface area contributed by atoms with Crippen LogP contribution in [0.15, 0.2) is 18.2 Å². The Labute approximate surface area is 108 Å². The second kappa shape index (κ2) is 5.10. The highest BCUT2D eigenvalue weighted by Gasteiger charge is 2.34. The first-order chi connectivity index (χ1) is 8.91.